The first-order chi connectivity index (χ1) is 8.15. The van der Waals surface area contributed by atoms with Crippen LogP contribution in [0.5, 0.6) is 0 Å². The molecule has 1 aromatic heterocycles. The molecule has 0 amide bonds. The van der Waals surface area contributed by atoms with E-state index in [4.69, 9.17) is 21.4 Å². The number of nitrogens with zero attached hydrogens (tertiary/aromatic N) is 2. The van der Waals surface area contributed by atoms with E-state index in [1.807, 2.05) is 13.8 Å². The predicted molar refractivity (Wildman–Crippen MR) is 67.5 cm³/mol. The molecule has 0 spiro atoms. The zero-order chi connectivity index (χ0) is 12.7. The third-order valence-corrected chi connectivity index (χ3v) is 2.52. The molecule has 0 saturated heterocycles. The number of aliphatic hydroxyl groups is 1. The Morgan fingerprint density at radius 2 is 1.94 bits per heavy atom. The van der Waals surface area contributed by atoms with Gasteiger partial charge in [0.05, 0.1) is 24.6 Å². The smallest absolute Gasteiger partial charge is 0.171 e. The van der Waals surface area contributed by atoms with Gasteiger partial charge in [0.2, 0.25) is 0 Å². The van der Waals surface area contributed by atoms with E-state index >= 15 is 0 Å². The lowest BCUT2D eigenvalue weighted by Gasteiger charge is -2.09. The van der Waals surface area contributed by atoms with Gasteiger partial charge < -0.3 is 15.2 Å². The largest absolute Gasteiger partial charge is 0.394 e. The van der Waals surface area contributed by atoms with E-state index in [1.165, 1.54) is 0 Å². The molecule has 17 heavy (non-hydrogen) atoms. The molecule has 0 radical (unpaired) electrons. The van der Waals surface area contributed by atoms with Crippen LogP contribution in [0.2, 0.25) is 5.15 Å². The average molecular weight is 260 g/mol. The number of hydrogen-bond acceptors (Lipinski definition) is 5. The summed E-state index contributed by atoms with van der Waals surface area (Å²) < 4.78 is 5.13. The quantitative estimate of drug-likeness (QED) is 0.728. The Labute approximate surface area is 106 Å². The highest BCUT2D eigenvalue weighted by Crippen LogP contribution is 2.18. The van der Waals surface area contributed by atoms with Crippen molar-refractivity contribution in [2.75, 3.05) is 31.7 Å². The van der Waals surface area contributed by atoms with Gasteiger partial charge in [-0.1, -0.05) is 11.6 Å². The van der Waals surface area contributed by atoms with Crippen molar-refractivity contribution >= 4 is 17.4 Å². The van der Waals surface area contributed by atoms with Crippen LogP contribution >= 0.6 is 11.6 Å². The Morgan fingerprint density at radius 3 is 2.65 bits per heavy atom. The predicted octanol–water partition coefficient (Wildman–Crippen LogP) is 1.56. The van der Waals surface area contributed by atoms with E-state index in [0.29, 0.717) is 30.7 Å². The first-order valence-corrected chi connectivity index (χ1v) is 5.96. The molecule has 6 heteroatoms. The van der Waals surface area contributed by atoms with Crippen LogP contribution in [0.4, 0.5) is 5.82 Å². The molecule has 0 aliphatic carbocycles. The van der Waals surface area contributed by atoms with E-state index in [9.17, 15) is 0 Å². The number of ether oxygens (including phenoxy) is 1. The maximum atomic E-state index is 8.52. The second-order valence-electron chi connectivity index (χ2n) is 3.65. The van der Waals surface area contributed by atoms with Crippen LogP contribution in [0.3, 0.4) is 0 Å². The number of hydrogen-bond donors (Lipinski definition) is 2. The molecule has 1 aromatic rings. The fraction of sp³-hybridized carbons (Fsp3) is 0.636. The number of aliphatic hydroxyl groups excluding tert-OH is 1. The van der Waals surface area contributed by atoms with Gasteiger partial charge in [0.1, 0.15) is 0 Å². The van der Waals surface area contributed by atoms with Gasteiger partial charge in [0, 0.05) is 13.2 Å². The van der Waals surface area contributed by atoms with Crippen LogP contribution in [0.1, 0.15) is 17.8 Å². The number of nitrogens with one attached hydrogen (secondary N) is 1. The molecule has 0 saturated carbocycles. The molecule has 0 unspecified atom stereocenters. The topological polar surface area (TPSA) is 67.3 Å². The van der Waals surface area contributed by atoms with Crippen LogP contribution in [0.15, 0.2) is 0 Å². The number of halogens is 1. The van der Waals surface area contributed by atoms with Crippen LogP contribution in [0.25, 0.3) is 0 Å². The molecule has 0 aliphatic rings. The minimum absolute atomic E-state index is 0.0574. The molecule has 0 fully saturated rings. The summed E-state index contributed by atoms with van der Waals surface area (Å²) in [6.45, 7) is 5.52. The van der Waals surface area contributed by atoms with Gasteiger partial charge in [-0.15, -0.1) is 0 Å². The van der Waals surface area contributed by atoms with Gasteiger partial charge >= 0.3 is 0 Å². The Kier molecular flexibility index (Phi) is 6.18. The Balaban J connectivity index is 2.34. The summed E-state index contributed by atoms with van der Waals surface area (Å²) in [5, 5.41) is 12.0. The number of rotatable bonds is 7. The van der Waals surface area contributed by atoms with E-state index < -0.39 is 0 Å². The Hall–Kier alpha value is -0.910. The standard InChI is InChI=1S/C11H18ClN3O2/c1-8-9(2)15-11(10(12)14-8)13-4-3-6-17-7-5-16/h16H,3-7H2,1-2H3,(H,13,15). The van der Waals surface area contributed by atoms with Gasteiger partial charge in [-0.25, -0.2) is 9.97 Å². The molecular formula is C11H18ClN3O2. The molecule has 1 rings (SSSR count). The van der Waals surface area contributed by atoms with Crippen molar-refractivity contribution in [1.29, 1.82) is 0 Å². The van der Waals surface area contributed by atoms with Crippen molar-refractivity contribution < 1.29 is 9.84 Å². The minimum Gasteiger partial charge on any atom is -0.394 e. The maximum absolute atomic E-state index is 8.52. The van der Waals surface area contributed by atoms with Crippen molar-refractivity contribution in [1.82, 2.24) is 9.97 Å². The van der Waals surface area contributed by atoms with E-state index in [0.717, 1.165) is 17.8 Å². The monoisotopic (exact) mass is 259 g/mol. The van der Waals surface area contributed by atoms with Gasteiger partial charge in [-0.2, -0.15) is 0 Å². The van der Waals surface area contributed by atoms with Crippen LogP contribution < -0.4 is 5.32 Å². The zero-order valence-corrected chi connectivity index (χ0v) is 10.9. The molecule has 0 bridgehead atoms. The summed E-state index contributed by atoms with van der Waals surface area (Å²) in [6.07, 6.45) is 0.824. The fourth-order valence-electron chi connectivity index (χ4n) is 1.24. The summed E-state index contributed by atoms with van der Waals surface area (Å²) in [5.74, 6) is 0.608. The highest BCUT2D eigenvalue weighted by Gasteiger charge is 2.05. The van der Waals surface area contributed by atoms with Crippen molar-refractivity contribution in [2.24, 2.45) is 0 Å². The third-order valence-electron chi connectivity index (χ3n) is 2.26. The second-order valence-corrected chi connectivity index (χ2v) is 4.01. The molecular weight excluding hydrogens is 242 g/mol. The van der Waals surface area contributed by atoms with Gasteiger partial charge in [-0.05, 0) is 20.3 Å². The first-order valence-electron chi connectivity index (χ1n) is 5.58. The van der Waals surface area contributed by atoms with E-state index in [1.54, 1.807) is 0 Å². The lowest BCUT2D eigenvalue weighted by atomic mass is 10.3. The zero-order valence-electron chi connectivity index (χ0n) is 10.2. The molecule has 0 aliphatic heterocycles. The van der Waals surface area contributed by atoms with Crippen LogP contribution in [0, 0.1) is 13.8 Å². The highest BCUT2D eigenvalue weighted by molar-refractivity contribution is 6.31. The lowest BCUT2D eigenvalue weighted by Crippen LogP contribution is -2.10. The lowest BCUT2D eigenvalue weighted by molar-refractivity contribution is 0.0922. The van der Waals surface area contributed by atoms with Crippen molar-refractivity contribution in [3.05, 3.63) is 16.5 Å². The highest BCUT2D eigenvalue weighted by atomic mass is 35.5. The molecule has 5 nitrogen and oxygen atoms in total. The summed E-state index contributed by atoms with van der Waals surface area (Å²) in [5.41, 5.74) is 1.71. The van der Waals surface area contributed by atoms with Crippen molar-refractivity contribution in [2.45, 2.75) is 20.3 Å². The Morgan fingerprint density at radius 1 is 1.24 bits per heavy atom. The van der Waals surface area contributed by atoms with E-state index in [-0.39, 0.29) is 6.61 Å². The molecule has 0 atom stereocenters. The second kappa shape index (κ2) is 7.42. The number of aryl methyl sites for hydroxylation is 2. The maximum Gasteiger partial charge on any atom is 0.171 e. The van der Waals surface area contributed by atoms with Crippen LogP contribution in [-0.2, 0) is 4.74 Å². The summed E-state index contributed by atoms with van der Waals surface area (Å²) in [4.78, 5) is 8.50. The average Bonchev–Trinajstić information content (AvgIpc) is 2.30. The van der Waals surface area contributed by atoms with Crippen molar-refractivity contribution in [3.8, 4) is 0 Å². The van der Waals surface area contributed by atoms with Crippen molar-refractivity contribution in [3.63, 3.8) is 0 Å². The first kappa shape index (κ1) is 14.2. The molecule has 1 heterocycles. The molecule has 96 valence electrons. The summed E-state index contributed by atoms with van der Waals surface area (Å²) in [7, 11) is 0. The van der Waals surface area contributed by atoms with Crippen LogP contribution in [-0.4, -0.2) is 41.4 Å². The Bertz CT molecular complexity index is 361. The number of aromatic nitrogens is 2. The molecule has 2 N–H and O–H groups in total. The number of anilines is 1. The minimum atomic E-state index is 0.0574. The third kappa shape index (κ3) is 4.85. The SMILES string of the molecule is Cc1nc(Cl)c(NCCCOCCO)nc1C. The van der Waals surface area contributed by atoms with Gasteiger partial charge in [0.25, 0.3) is 0 Å². The van der Waals surface area contributed by atoms with Gasteiger partial charge in [0.15, 0.2) is 11.0 Å². The summed E-state index contributed by atoms with van der Waals surface area (Å²) >= 11 is 5.96. The fourth-order valence-corrected chi connectivity index (χ4v) is 1.47. The van der Waals surface area contributed by atoms with E-state index in [2.05, 4.69) is 15.3 Å². The summed E-state index contributed by atoms with van der Waals surface area (Å²) in [6, 6.07) is 0. The molecule has 0 aromatic carbocycles. The van der Waals surface area contributed by atoms with Gasteiger partial charge in [-0.3, -0.25) is 0 Å². The normalized spacial score (nSPS) is 10.6.